The van der Waals surface area contributed by atoms with Gasteiger partial charge in [-0.1, -0.05) is 0 Å². The Hall–Kier alpha value is -1.51. The fourth-order valence-electron chi connectivity index (χ4n) is 2.48. The number of rotatable bonds is 4. The number of nitrogens with zero attached hydrogens (tertiary/aromatic N) is 2. The topological polar surface area (TPSA) is 23.6 Å². The molecule has 98 valence electrons. The van der Waals surface area contributed by atoms with Gasteiger partial charge < -0.3 is 9.80 Å². The van der Waals surface area contributed by atoms with Gasteiger partial charge in [0.05, 0.1) is 0 Å². The average molecular weight is 246 g/mol. The monoisotopic (exact) mass is 246 g/mol. The summed E-state index contributed by atoms with van der Waals surface area (Å²) >= 11 is 0. The summed E-state index contributed by atoms with van der Waals surface area (Å²) in [7, 11) is 0. The molecular formula is C15H22N2O. The molecule has 0 N–H and O–H groups in total. The minimum absolute atomic E-state index is 0.132. The second-order valence-electron chi connectivity index (χ2n) is 4.72. The fourth-order valence-corrected chi connectivity index (χ4v) is 2.48. The highest BCUT2D eigenvalue weighted by Crippen LogP contribution is 2.20. The van der Waals surface area contributed by atoms with E-state index in [0.29, 0.717) is 0 Å². The van der Waals surface area contributed by atoms with Crippen LogP contribution >= 0.6 is 0 Å². The number of carbonyl (C=O) groups is 1. The summed E-state index contributed by atoms with van der Waals surface area (Å²) in [6, 6.07) is 8.05. The molecule has 1 aliphatic heterocycles. The molecule has 0 bridgehead atoms. The molecule has 18 heavy (non-hydrogen) atoms. The van der Waals surface area contributed by atoms with Gasteiger partial charge in [-0.2, -0.15) is 0 Å². The van der Waals surface area contributed by atoms with Crippen molar-refractivity contribution in [2.24, 2.45) is 0 Å². The van der Waals surface area contributed by atoms with Crippen molar-refractivity contribution in [1.82, 2.24) is 4.90 Å². The van der Waals surface area contributed by atoms with Crippen molar-refractivity contribution in [2.75, 3.05) is 31.1 Å². The van der Waals surface area contributed by atoms with Crippen LogP contribution in [0.2, 0.25) is 0 Å². The first-order valence-corrected chi connectivity index (χ1v) is 6.90. The quantitative estimate of drug-likeness (QED) is 0.815. The van der Waals surface area contributed by atoms with E-state index in [-0.39, 0.29) is 5.91 Å². The lowest BCUT2D eigenvalue weighted by Crippen LogP contribution is -2.30. The first-order valence-electron chi connectivity index (χ1n) is 6.90. The van der Waals surface area contributed by atoms with Gasteiger partial charge in [0.1, 0.15) is 0 Å². The molecule has 1 aliphatic rings. The fraction of sp³-hybridized carbons (Fsp3) is 0.533. The smallest absolute Gasteiger partial charge is 0.253 e. The normalized spacial score (nSPS) is 14.9. The van der Waals surface area contributed by atoms with E-state index in [1.807, 2.05) is 30.9 Å². The lowest BCUT2D eigenvalue weighted by molar-refractivity contribution is 0.0773. The third-order valence-corrected chi connectivity index (χ3v) is 3.64. The van der Waals surface area contributed by atoms with Crippen molar-refractivity contribution in [3.8, 4) is 0 Å². The Morgan fingerprint density at radius 3 is 2.17 bits per heavy atom. The zero-order valence-corrected chi connectivity index (χ0v) is 11.4. The van der Waals surface area contributed by atoms with Gasteiger partial charge in [0.2, 0.25) is 0 Å². The van der Waals surface area contributed by atoms with Gasteiger partial charge in [-0.3, -0.25) is 4.79 Å². The maximum absolute atomic E-state index is 12.2. The minimum Gasteiger partial charge on any atom is -0.372 e. The molecular weight excluding hydrogens is 224 g/mol. The maximum atomic E-state index is 12.2. The van der Waals surface area contributed by atoms with E-state index in [1.54, 1.807) is 0 Å². The SMILES string of the molecule is CCN(CC)C(=O)c1ccc(N2CCCC2)cc1. The van der Waals surface area contributed by atoms with Crippen LogP contribution in [0.3, 0.4) is 0 Å². The summed E-state index contributed by atoms with van der Waals surface area (Å²) < 4.78 is 0. The van der Waals surface area contributed by atoms with Gasteiger partial charge in [0.15, 0.2) is 0 Å². The van der Waals surface area contributed by atoms with Crippen LogP contribution in [0.15, 0.2) is 24.3 Å². The first-order chi connectivity index (χ1) is 8.76. The van der Waals surface area contributed by atoms with Gasteiger partial charge in [-0.15, -0.1) is 0 Å². The van der Waals surface area contributed by atoms with Gasteiger partial charge in [0, 0.05) is 37.4 Å². The summed E-state index contributed by atoms with van der Waals surface area (Å²) in [5.41, 5.74) is 2.03. The average Bonchev–Trinajstić information content (AvgIpc) is 2.94. The molecule has 0 aliphatic carbocycles. The molecule has 2 rings (SSSR count). The van der Waals surface area contributed by atoms with E-state index in [2.05, 4.69) is 17.0 Å². The third kappa shape index (κ3) is 2.66. The third-order valence-electron chi connectivity index (χ3n) is 3.64. The van der Waals surface area contributed by atoms with Crippen LogP contribution in [0.25, 0.3) is 0 Å². The van der Waals surface area contributed by atoms with Crippen molar-refractivity contribution in [2.45, 2.75) is 26.7 Å². The highest BCUT2D eigenvalue weighted by atomic mass is 16.2. The van der Waals surface area contributed by atoms with E-state index < -0.39 is 0 Å². The lowest BCUT2D eigenvalue weighted by atomic mass is 10.1. The Balaban J connectivity index is 2.09. The van der Waals surface area contributed by atoms with Crippen molar-refractivity contribution in [1.29, 1.82) is 0 Å². The second-order valence-corrected chi connectivity index (χ2v) is 4.72. The van der Waals surface area contributed by atoms with Crippen molar-refractivity contribution >= 4 is 11.6 Å². The van der Waals surface area contributed by atoms with Crippen LogP contribution in [0.4, 0.5) is 5.69 Å². The van der Waals surface area contributed by atoms with Crippen LogP contribution in [0.5, 0.6) is 0 Å². The van der Waals surface area contributed by atoms with Crippen molar-refractivity contribution in [3.63, 3.8) is 0 Å². The molecule has 3 heteroatoms. The van der Waals surface area contributed by atoms with Gasteiger partial charge in [0.25, 0.3) is 5.91 Å². The number of hydrogen-bond donors (Lipinski definition) is 0. The Morgan fingerprint density at radius 1 is 1.11 bits per heavy atom. The Kier molecular flexibility index (Phi) is 4.24. The predicted molar refractivity (Wildman–Crippen MR) is 75.1 cm³/mol. The largest absolute Gasteiger partial charge is 0.372 e. The number of hydrogen-bond acceptors (Lipinski definition) is 2. The summed E-state index contributed by atoms with van der Waals surface area (Å²) in [6.07, 6.45) is 2.56. The Labute approximate surface area is 109 Å². The number of anilines is 1. The van der Waals surface area contributed by atoms with Gasteiger partial charge in [-0.25, -0.2) is 0 Å². The van der Waals surface area contributed by atoms with E-state index in [4.69, 9.17) is 0 Å². The zero-order valence-electron chi connectivity index (χ0n) is 11.4. The molecule has 1 saturated heterocycles. The minimum atomic E-state index is 0.132. The number of carbonyl (C=O) groups excluding carboxylic acids is 1. The van der Waals surface area contributed by atoms with Crippen LogP contribution in [-0.4, -0.2) is 37.0 Å². The summed E-state index contributed by atoms with van der Waals surface area (Å²) in [5.74, 6) is 0.132. The van der Waals surface area contributed by atoms with Gasteiger partial charge in [-0.05, 0) is 51.0 Å². The van der Waals surface area contributed by atoms with E-state index in [0.717, 1.165) is 31.7 Å². The highest BCUT2D eigenvalue weighted by molar-refractivity contribution is 5.94. The first kappa shape index (κ1) is 12.9. The van der Waals surface area contributed by atoms with Crippen LogP contribution < -0.4 is 4.90 Å². The molecule has 0 spiro atoms. The van der Waals surface area contributed by atoms with Crippen LogP contribution in [-0.2, 0) is 0 Å². The van der Waals surface area contributed by atoms with Crippen LogP contribution in [0.1, 0.15) is 37.0 Å². The molecule has 0 unspecified atom stereocenters. The zero-order chi connectivity index (χ0) is 13.0. The molecule has 1 fully saturated rings. The molecule has 1 amide bonds. The summed E-state index contributed by atoms with van der Waals surface area (Å²) in [5, 5.41) is 0. The number of amides is 1. The molecule has 0 atom stereocenters. The lowest BCUT2D eigenvalue weighted by Gasteiger charge is -2.20. The second kappa shape index (κ2) is 5.89. The standard InChI is InChI=1S/C15H22N2O/c1-3-16(4-2)15(18)13-7-9-14(10-8-13)17-11-5-6-12-17/h7-10H,3-6,11-12H2,1-2H3. The van der Waals surface area contributed by atoms with Crippen LogP contribution in [0, 0.1) is 0 Å². The van der Waals surface area contributed by atoms with E-state index in [9.17, 15) is 4.79 Å². The van der Waals surface area contributed by atoms with E-state index in [1.165, 1.54) is 18.5 Å². The van der Waals surface area contributed by atoms with E-state index >= 15 is 0 Å². The Morgan fingerprint density at radius 2 is 1.67 bits per heavy atom. The maximum Gasteiger partial charge on any atom is 0.253 e. The predicted octanol–water partition coefficient (Wildman–Crippen LogP) is 2.77. The molecule has 1 heterocycles. The highest BCUT2D eigenvalue weighted by Gasteiger charge is 2.15. The summed E-state index contributed by atoms with van der Waals surface area (Å²) in [4.78, 5) is 16.4. The Bertz CT molecular complexity index is 389. The molecule has 0 saturated carbocycles. The molecule has 1 aromatic rings. The molecule has 3 nitrogen and oxygen atoms in total. The molecule has 1 aromatic carbocycles. The molecule has 0 aromatic heterocycles. The van der Waals surface area contributed by atoms with Crippen molar-refractivity contribution < 1.29 is 4.79 Å². The number of benzene rings is 1. The molecule has 0 radical (unpaired) electrons. The summed E-state index contributed by atoms with van der Waals surface area (Å²) in [6.45, 7) is 7.85. The van der Waals surface area contributed by atoms with Crippen molar-refractivity contribution in [3.05, 3.63) is 29.8 Å². The van der Waals surface area contributed by atoms with Gasteiger partial charge >= 0.3 is 0 Å².